The molecule has 8 heteroatoms. The number of nitrogens with zero attached hydrogens (tertiary/aromatic N) is 4. The molecule has 28 heavy (non-hydrogen) atoms. The van der Waals surface area contributed by atoms with Crippen molar-refractivity contribution in [2.45, 2.75) is 45.3 Å². The SMILES string of the molecule is CC1(C)Cc2c(c(N3CCCC3)nc3sc4c(NCCO)ncnc4c23)CO1. The average Bonchev–Trinajstić information content (AvgIpc) is 3.32. The van der Waals surface area contributed by atoms with Crippen molar-refractivity contribution in [1.29, 1.82) is 0 Å². The minimum Gasteiger partial charge on any atom is -0.395 e. The maximum atomic E-state index is 9.18. The van der Waals surface area contributed by atoms with Crippen molar-refractivity contribution in [3.63, 3.8) is 0 Å². The van der Waals surface area contributed by atoms with Crippen molar-refractivity contribution >= 4 is 43.4 Å². The maximum absolute atomic E-state index is 9.18. The molecule has 0 radical (unpaired) electrons. The molecule has 3 aromatic rings. The number of aliphatic hydroxyl groups excluding tert-OH is 1. The fourth-order valence-corrected chi connectivity index (χ4v) is 5.40. The highest BCUT2D eigenvalue weighted by molar-refractivity contribution is 7.26. The largest absolute Gasteiger partial charge is 0.395 e. The Morgan fingerprint density at radius 2 is 2.07 bits per heavy atom. The van der Waals surface area contributed by atoms with Gasteiger partial charge in [0.1, 0.15) is 22.8 Å². The predicted molar refractivity (Wildman–Crippen MR) is 112 cm³/mol. The zero-order valence-electron chi connectivity index (χ0n) is 16.3. The third-order valence-corrected chi connectivity index (χ3v) is 6.70. The van der Waals surface area contributed by atoms with Crippen LogP contribution in [0.2, 0.25) is 0 Å². The number of thiophene rings is 1. The van der Waals surface area contributed by atoms with Gasteiger partial charge in [0.2, 0.25) is 0 Å². The van der Waals surface area contributed by atoms with Gasteiger partial charge in [0.05, 0.1) is 29.0 Å². The summed E-state index contributed by atoms with van der Waals surface area (Å²) in [7, 11) is 0. The number of anilines is 2. The fourth-order valence-electron chi connectivity index (χ4n) is 4.28. The van der Waals surface area contributed by atoms with Crippen molar-refractivity contribution in [2.75, 3.05) is 36.5 Å². The molecule has 5 rings (SSSR count). The van der Waals surface area contributed by atoms with Gasteiger partial charge in [-0.1, -0.05) is 0 Å². The molecule has 0 aromatic carbocycles. The van der Waals surface area contributed by atoms with Crippen LogP contribution in [0.15, 0.2) is 6.33 Å². The first-order valence-electron chi connectivity index (χ1n) is 9.90. The Morgan fingerprint density at radius 3 is 2.86 bits per heavy atom. The van der Waals surface area contributed by atoms with Crippen molar-refractivity contribution in [2.24, 2.45) is 0 Å². The molecule has 0 saturated carbocycles. The van der Waals surface area contributed by atoms with Crippen molar-refractivity contribution in [1.82, 2.24) is 15.0 Å². The Hall–Kier alpha value is -2.03. The average molecular weight is 400 g/mol. The van der Waals surface area contributed by atoms with Crippen LogP contribution in [-0.4, -0.2) is 51.9 Å². The highest BCUT2D eigenvalue weighted by Crippen LogP contribution is 2.44. The highest BCUT2D eigenvalue weighted by Gasteiger charge is 2.33. The van der Waals surface area contributed by atoms with Gasteiger partial charge in [-0.05, 0) is 32.3 Å². The molecule has 0 unspecified atom stereocenters. The molecule has 0 bridgehead atoms. The van der Waals surface area contributed by atoms with Gasteiger partial charge in [-0.25, -0.2) is 15.0 Å². The minimum absolute atomic E-state index is 0.0642. The predicted octanol–water partition coefficient (Wildman–Crippen LogP) is 3.10. The van der Waals surface area contributed by atoms with Gasteiger partial charge in [-0.3, -0.25) is 0 Å². The summed E-state index contributed by atoms with van der Waals surface area (Å²) >= 11 is 1.64. The summed E-state index contributed by atoms with van der Waals surface area (Å²) < 4.78 is 7.17. The molecule has 1 fully saturated rings. The summed E-state index contributed by atoms with van der Waals surface area (Å²) in [5.41, 5.74) is 3.28. The number of fused-ring (bicyclic) bond motifs is 5. The molecule has 3 aromatic heterocycles. The van der Waals surface area contributed by atoms with Crippen molar-refractivity contribution < 1.29 is 9.84 Å². The molecule has 2 aliphatic rings. The topological polar surface area (TPSA) is 83.4 Å². The number of rotatable bonds is 4. The van der Waals surface area contributed by atoms with Gasteiger partial charge in [-0.15, -0.1) is 11.3 Å². The lowest BCUT2D eigenvalue weighted by atomic mass is 9.90. The molecule has 2 aliphatic heterocycles. The zero-order chi connectivity index (χ0) is 19.3. The molecule has 2 N–H and O–H groups in total. The lowest BCUT2D eigenvalue weighted by Crippen LogP contribution is -2.33. The van der Waals surface area contributed by atoms with Gasteiger partial charge < -0.3 is 20.1 Å². The lowest BCUT2D eigenvalue weighted by molar-refractivity contribution is -0.0395. The zero-order valence-corrected chi connectivity index (χ0v) is 17.1. The third kappa shape index (κ3) is 2.91. The second kappa shape index (κ2) is 6.79. The standard InChI is InChI=1S/C20H25N5O2S/c1-20(2)9-12-13(10-27-20)18(25-6-3-4-7-25)24-19-14(12)15-16(28-19)17(21-5-8-26)23-11-22-15/h11,26H,3-10H2,1-2H3,(H,21,22,23). The van der Waals surface area contributed by atoms with Crippen molar-refractivity contribution in [3.8, 4) is 0 Å². The maximum Gasteiger partial charge on any atom is 0.147 e. The Kier molecular flexibility index (Phi) is 4.37. The van der Waals surface area contributed by atoms with Gasteiger partial charge in [-0.2, -0.15) is 0 Å². The molecule has 0 amide bonds. The molecule has 0 aliphatic carbocycles. The Bertz CT molecular complexity index is 1040. The number of aliphatic hydroxyl groups is 1. The number of aromatic nitrogens is 3. The summed E-state index contributed by atoms with van der Waals surface area (Å²) in [5.74, 6) is 1.85. The molecule has 148 valence electrons. The Balaban J connectivity index is 1.77. The van der Waals surface area contributed by atoms with E-state index in [1.54, 1.807) is 17.7 Å². The van der Waals surface area contributed by atoms with Crippen LogP contribution in [0.4, 0.5) is 11.6 Å². The van der Waals surface area contributed by atoms with E-state index in [1.807, 2.05) is 0 Å². The van der Waals surface area contributed by atoms with E-state index < -0.39 is 0 Å². The molecule has 1 saturated heterocycles. The molecular formula is C20H25N5O2S. The number of hydrogen-bond acceptors (Lipinski definition) is 8. The number of nitrogens with one attached hydrogen (secondary N) is 1. The van der Waals surface area contributed by atoms with Gasteiger partial charge in [0.25, 0.3) is 0 Å². The minimum atomic E-state index is -0.206. The normalized spacial score (nSPS) is 18.8. The van der Waals surface area contributed by atoms with Crippen LogP contribution in [0.5, 0.6) is 0 Å². The molecule has 7 nitrogen and oxygen atoms in total. The van der Waals surface area contributed by atoms with Crippen LogP contribution >= 0.6 is 11.3 Å². The summed E-state index contributed by atoms with van der Waals surface area (Å²) in [4.78, 5) is 17.5. The van der Waals surface area contributed by atoms with E-state index in [4.69, 9.17) is 9.72 Å². The fraction of sp³-hybridized carbons (Fsp3) is 0.550. The monoisotopic (exact) mass is 399 g/mol. The first-order valence-corrected chi connectivity index (χ1v) is 10.7. The van der Waals surface area contributed by atoms with Crippen LogP contribution in [-0.2, 0) is 17.8 Å². The smallest absolute Gasteiger partial charge is 0.147 e. The van der Waals surface area contributed by atoms with Gasteiger partial charge in [0, 0.05) is 37.0 Å². The summed E-state index contributed by atoms with van der Waals surface area (Å²) in [6.45, 7) is 7.53. The van der Waals surface area contributed by atoms with Gasteiger partial charge >= 0.3 is 0 Å². The van der Waals surface area contributed by atoms with E-state index in [-0.39, 0.29) is 12.2 Å². The molecule has 0 spiro atoms. The van der Waals surface area contributed by atoms with E-state index in [0.717, 1.165) is 51.6 Å². The number of ether oxygens (including phenoxy) is 1. The number of hydrogen-bond donors (Lipinski definition) is 2. The van der Waals surface area contributed by atoms with E-state index in [0.29, 0.717) is 13.2 Å². The van der Waals surface area contributed by atoms with E-state index in [2.05, 4.69) is 34.0 Å². The van der Waals surface area contributed by atoms with Gasteiger partial charge in [0.15, 0.2) is 0 Å². The summed E-state index contributed by atoms with van der Waals surface area (Å²) in [5, 5.41) is 13.5. The summed E-state index contributed by atoms with van der Waals surface area (Å²) in [6, 6.07) is 0. The van der Waals surface area contributed by atoms with E-state index in [9.17, 15) is 5.11 Å². The summed E-state index contributed by atoms with van der Waals surface area (Å²) in [6.07, 6.45) is 4.87. The Morgan fingerprint density at radius 1 is 1.25 bits per heavy atom. The quantitative estimate of drug-likeness (QED) is 0.697. The van der Waals surface area contributed by atoms with Crippen molar-refractivity contribution in [3.05, 3.63) is 17.5 Å². The van der Waals surface area contributed by atoms with E-state index >= 15 is 0 Å². The second-order valence-corrected chi connectivity index (χ2v) is 9.14. The first kappa shape index (κ1) is 18.0. The van der Waals surface area contributed by atoms with E-state index in [1.165, 1.54) is 24.0 Å². The molecular weight excluding hydrogens is 374 g/mol. The lowest BCUT2D eigenvalue weighted by Gasteiger charge is -2.34. The van der Waals surface area contributed by atoms with Crippen LogP contribution in [0, 0.1) is 0 Å². The van der Waals surface area contributed by atoms with Crippen LogP contribution in [0.1, 0.15) is 37.8 Å². The van der Waals surface area contributed by atoms with Crippen LogP contribution in [0.25, 0.3) is 20.4 Å². The second-order valence-electron chi connectivity index (χ2n) is 8.14. The van der Waals surface area contributed by atoms with Crippen LogP contribution in [0.3, 0.4) is 0 Å². The molecule has 5 heterocycles. The molecule has 0 atom stereocenters. The Labute approximate surface area is 167 Å². The number of pyridine rings is 1. The highest BCUT2D eigenvalue weighted by atomic mass is 32.1. The third-order valence-electron chi connectivity index (χ3n) is 5.62. The van der Waals surface area contributed by atoms with Crippen LogP contribution < -0.4 is 10.2 Å². The first-order chi connectivity index (χ1) is 13.6.